The number of allylic oxidation sites excluding steroid dienone is 2. The Morgan fingerprint density at radius 1 is 1.34 bits per heavy atom. The molecule has 1 unspecified atom stereocenters. The minimum Gasteiger partial charge on any atom is -0.497 e. The Labute approximate surface area is 176 Å². The van der Waals surface area contributed by atoms with Crippen LogP contribution in [0.25, 0.3) is 0 Å². The molecule has 0 spiro atoms. The van der Waals surface area contributed by atoms with Crippen molar-refractivity contribution in [3.63, 3.8) is 0 Å². The van der Waals surface area contributed by atoms with E-state index in [1.165, 1.54) is 18.5 Å². The number of benzene rings is 1. The molecular formula is C21H28ClFN4O2. The summed E-state index contributed by atoms with van der Waals surface area (Å²) in [5.41, 5.74) is 7.07. The summed E-state index contributed by atoms with van der Waals surface area (Å²) >= 11 is 5.88. The summed E-state index contributed by atoms with van der Waals surface area (Å²) in [7, 11) is 1.63. The Bertz CT molecular complexity index is 821. The van der Waals surface area contributed by atoms with Crippen LogP contribution in [-0.4, -0.2) is 38.5 Å². The van der Waals surface area contributed by atoms with Gasteiger partial charge in [-0.25, -0.2) is 9.38 Å². The molecule has 1 heterocycles. The molecule has 29 heavy (non-hydrogen) atoms. The molecule has 0 saturated carbocycles. The summed E-state index contributed by atoms with van der Waals surface area (Å²) in [5, 5.41) is 3.24. The molecule has 0 aromatic heterocycles. The molecule has 1 aliphatic carbocycles. The molecule has 3 rings (SSSR count). The number of hydrogen-bond donors (Lipinski definition) is 2. The molecule has 3 N–H and O–H groups in total. The minimum absolute atomic E-state index is 0.0452. The van der Waals surface area contributed by atoms with Crippen LogP contribution in [-0.2, 0) is 9.47 Å². The lowest BCUT2D eigenvalue weighted by molar-refractivity contribution is 0.181. The number of nitrogens with zero attached hydrogens (tertiary/aromatic N) is 2. The van der Waals surface area contributed by atoms with Gasteiger partial charge in [-0.1, -0.05) is 25.4 Å². The molecule has 8 heteroatoms. The third-order valence-corrected chi connectivity index (χ3v) is 4.60. The Morgan fingerprint density at radius 3 is 2.83 bits per heavy atom. The molecule has 1 aliphatic heterocycles. The maximum absolute atomic E-state index is 13.4. The number of nitrogens with one attached hydrogen (secondary N) is 1. The monoisotopic (exact) mass is 422 g/mol. The van der Waals surface area contributed by atoms with Crippen molar-refractivity contribution in [1.29, 1.82) is 0 Å². The zero-order chi connectivity index (χ0) is 21.2. The SMILES string of the molecule is CC.COC1=C(OCCCN)C=C2C(Nc3ccc(F)c(Cl)c3)=NC=NC2CC1. The van der Waals surface area contributed by atoms with E-state index in [2.05, 4.69) is 15.3 Å². The Hall–Kier alpha value is -2.38. The van der Waals surface area contributed by atoms with Crippen molar-refractivity contribution in [3.8, 4) is 0 Å². The van der Waals surface area contributed by atoms with E-state index in [-0.39, 0.29) is 11.1 Å². The van der Waals surface area contributed by atoms with Crippen molar-refractivity contribution in [2.45, 2.75) is 39.2 Å². The predicted molar refractivity (Wildman–Crippen MR) is 117 cm³/mol. The van der Waals surface area contributed by atoms with Crippen LogP contribution in [0.1, 0.15) is 33.1 Å². The summed E-state index contributed by atoms with van der Waals surface area (Å²) in [5.74, 6) is 1.58. The molecule has 2 aliphatic rings. The number of nitrogens with two attached hydrogens (primary N) is 1. The van der Waals surface area contributed by atoms with Crippen molar-refractivity contribution >= 4 is 29.5 Å². The lowest BCUT2D eigenvalue weighted by Crippen LogP contribution is -2.26. The second-order valence-corrected chi connectivity index (χ2v) is 6.54. The quantitative estimate of drug-likeness (QED) is 0.652. The number of methoxy groups -OCH3 is 1. The second-order valence-electron chi connectivity index (χ2n) is 6.13. The summed E-state index contributed by atoms with van der Waals surface area (Å²) < 4.78 is 24.8. The molecule has 1 aromatic rings. The Morgan fingerprint density at radius 2 is 2.14 bits per heavy atom. The molecule has 1 aromatic carbocycles. The van der Waals surface area contributed by atoms with E-state index in [1.807, 2.05) is 19.9 Å². The third-order valence-electron chi connectivity index (χ3n) is 4.31. The van der Waals surface area contributed by atoms with E-state index < -0.39 is 5.82 Å². The van der Waals surface area contributed by atoms with Gasteiger partial charge < -0.3 is 20.5 Å². The van der Waals surface area contributed by atoms with Gasteiger partial charge in [0, 0.05) is 17.7 Å². The Balaban J connectivity index is 0.00000145. The van der Waals surface area contributed by atoms with Gasteiger partial charge in [0.2, 0.25) is 0 Å². The van der Waals surface area contributed by atoms with Gasteiger partial charge in [-0.15, -0.1) is 0 Å². The fourth-order valence-corrected chi connectivity index (χ4v) is 3.08. The lowest BCUT2D eigenvalue weighted by atomic mass is 10.0. The van der Waals surface area contributed by atoms with E-state index >= 15 is 0 Å². The molecule has 1 atom stereocenters. The molecule has 0 amide bonds. The standard InChI is InChI=1S/C19H22ClFN4O2.C2H6/c1-26-17-6-5-16-13(10-18(17)27-8-2-7-22)19(24-11-23-16)25-12-3-4-15(21)14(20)9-12;1-2/h3-4,9-11,16H,2,5-8,22H2,1H3,(H,23,24,25);1-2H3. The highest BCUT2D eigenvalue weighted by Crippen LogP contribution is 2.29. The third kappa shape index (κ3) is 6.05. The van der Waals surface area contributed by atoms with Gasteiger partial charge >= 0.3 is 0 Å². The number of amidine groups is 1. The smallest absolute Gasteiger partial charge is 0.157 e. The lowest BCUT2D eigenvalue weighted by Gasteiger charge is -2.21. The van der Waals surface area contributed by atoms with Crippen molar-refractivity contribution in [3.05, 3.63) is 52.2 Å². The normalized spacial score (nSPS) is 17.9. The van der Waals surface area contributed by atoms with Crippen LogP contribution in [0, 0.1) is 5.82 Å². The number of hydrogen-bond acceptors (Lipinski definition) is 6. The van der Waals surface area contributed by atoms with E-state index in [0.717, 1.165) is 24.2 Å². The van der Waals surface area contributed by atoms with Gasteiger partial charge in [0.1, 0.15) is 23.8 Å². The first kappa shape index (κ1) is 22.9. The van der Waals surface area contributed by atoms with Crippen LogP contribution in [0.5, 0.6) is 0 Å². The summed E-state index contributed by atoms with van der Waals surface area (Å²) in [6.45, 7) is 5.06. The average Bonchev–Trinajstić information content (AvgIpc) is 2.92. The first-order valence-electron chi connectivity index (χ1n) is 9.76. The highest BCUT2D eigenvalue weighted by atomic mass is 35.5. The molecule has 0 saturated heterocycles. The van der Waals surface area contributed by atoms with Gasteiger partial charge in [-0.2, -0.15) is 0 Å². The summed E-state index contributed by atoms with van der Waals surface area (Å²) in [6, 6.07) is 4.37. The largest absolute Gasteiger partial charge is 0.497 e. The van der Waals surface area contributed by atoms with Crippen LogP contribution in [0.2, 0.25) is 5.02 Å². The van der Waals surface area contributed by atoms with Gasteiger partial charge in [-0.3, -0.25) is 4.99 Å². The number of aliphatic imine (C=N–C) groups is 2. The number of halogens is 2. The van der Waals surface area contributed by atoms with Gasteiger partial charge in [-0.05, 0) is 43.7 Å². The van der Waals surface area contributed by atoms with Crippen LogP contribution >= 0.6 is 11.6 Å². The van der Waals surface area contributed by atoms with Gasteiger partial charge in [0.25, 0.3) is 0 Å². The van der Waals surface area contributed by atoms with Crippen LogP contribution in [0.15, 0.2) is 51.4 Å². The zero-order valence-corrected chi connectivity index (χ0v) is 17.8. The van der Waals surface area contributed by atoms with Crippen molar-refractivity contribution in [2.24, 2.45) is 15.7 Å². The number of ether oxygens (including phenoxy) is 2. The maximum atomic E-state index is 13.4. The fourth-order valence-electron chi connectivity index (χ4n) is 2.90. The molecule has 158 valence electrons. The van der Waals surface area contributed by atoms with Crippen LogP contribution < -0.4 is 11.1 Å². The number of rotatable bonds is 6. The topological polar surface area (TPSA) is 81.2 Å². The van der Waals surface area contributed by atoms with Gasteiger partial charge in [0.05, 0.1) is 24.8 Å². The average molecular weight is 423 g/mol. The molecule has 6 nitrogen and oxygen atoms in total. The minimum atomic E-state index is -0.468. The van der Waals surface area contributed by atoms with Crippen molar-refractivity contribution < 1.29 is 13.9 Å². The molecular weight excluding hydrogens is 395 g/mol. The van der Waals surface area contributed by atoms with Crippen molar-refractivity contribution in [1.82, 2.24) is 0 Å². The van der Waals surface area contributed by atoms with E-state index in [0.29, 0.717) is 36.9 Å². The zero-order valence-electron chi connectivity index (χ0n) is 17.0. The fraction of sp³-hybridized carbons (Fsp3) is 0.429. The van der Waals surface area contributed by atoms with Crippen molar-refractivity contribution in [2.75, 3.05) is 25.6 Å². The second kappa shape index (κ2) is 11.6. The van der Waals surface area contributed by atoms with Crippen LogP contribution in [0.4, 0.5) is 10.1 Å². The predicted octanol–water partition coefficient (Wildman–Crippen LogP) is 4.67. The molecule has 0 radical (unpaired) electrons. The van der Waals surface area contributed by atoms with E-state index in [9.17, 15) is 4.39 Å². The molecule has 0 fully saturated rings. The van der Waals surface area contributed by atoms with E-state index in [4.69, 9.17) is 26.8 Å². The van der Waals surface area contributed by atoms with Crippen LogP contribution in [0.3, 0.4) is 0 Å². The molecule has 0 bridgehead atoms. The number of fused-ring (bicyclic) bond motifs is 1. The summed E-state index contributed by atoms with van der Waals surface area (Å²) in [4.78, 5) is 8.82. The highest BCUT2D eigenvalue weighted by Gasteiger charge is 2.27. The maximum Gasteiger partial charge on any atom is 0.157 e. The summed E-state index contributed by atoms with van der Waals surface area (Å²) in [6.07, 6.45) is 5.65. The number of anilines is 1. The van der Waals surface area contributed by atoms with E-state index in [1.54, 1.807) is 13.2 Å². The Kier molecular flexibility index (Phi) is 9.15. The highest BCUT2D eigenvalue weighted by molar-refractivity contribution is 6.31. The van der Waals surface area contributed by atoms with Gasteiger partial charge in [0.15, 0.2) is 5.76 Å². The first-order chi connectivity index (χ1) is 14.1. The first-order valence-corrected chi connectivity index (χ1v) is 10.1.